The summed E-state index contributed by atoms with van der Waals surface area (Å²) in [5, 5.41) is 15.7. The quantitative estimate of drug-likeness (QED) is 0.344. The molecule has 4 rings (SSSR count). The van der Waals surface area contributed by atoms with E-state index in [0.29, 0.717) is 25.1 Å². The largest absolute Gasteiger partial charge is 0.522 e. The molecule has 3 aliphatic rings. The van der Waals surface area contributed by atoms with E-state index in [9.17, 15) is 37.5 Å². The van der Waals surface area contributed by atoms with Crippen LogP contribution in [0.3, 0.4) is 0 Å². The molecule has 3 N–H and O–H groups in total. The van der Waals surface area contributed by atoms with Crippen molar-refractivity contribution in [2.75, 3.05) is 26.8 Å². The first kappa shape index (κ1) is 30.5. The van der Waals surface area contributed by atoms with Gasteiger partial charge < -0.3 is 25.4 Å². The van der Waals surface area contributed by atoms with Crippen molar-refractivity contribution in [2.24, 2.45) is 11.3 Å². The van der Waals surface area contributed by atoms with Crippen LogP contribution in [0, 0.1) is 11.3 Å². The molecule has 1 aliphatic carbocycles. The van der Waals surface area contributed by atoms with Gasteiger partial charge in [0.2, 0.25) is 11.8 Å². The van der Waals surface area contributed by atoms with Crippen LogP contribution in [0.15, 0.2) is 30.3 Å². The highest BCUT2D eigenvalue weighted by Crippen LogP contribution is 2.55. The van der Waals surface area contributed by atoms with Gasteiger partial charge in [-0.2, -0.15) is 0 Å². The van der Waals surface area contributed by atoms with Crippen molar-refractivity contribution in [2.45, 2.75) is 63.1 Å². The summed E-state index contributed by atoms with van der Waals surface area (Å²) in [7, 11) is 1.55. The molecule has 0 unspecified atom stereocenters. The van der Waals surface area contributed by atoms with E-state index in [1.165, 1.54) is 4.90 Å². The summed E-state index contributed by atoms with van der Waals surface area (Å²) in [5.74, 6) is -2.72. The summed E-state index contributed by atoms with van der Waals surface area (Å²) < 4.78 is 46.5. The third-order valence-corrected chi connectivity index (χ3v) is 7.89. The van der Waals surface area contributed by atoms with Crippen LogP contribution in [0.4, 0.5) is 13.2 Å². The zero-order valence-corrected chi connectivity index (χ0v) is 22.6. The van der Waals surface area contributed by atoms with Crippen molar-refractivity contribution in [3.63, 3.8) is 0 Å². The second-order valence-corrected chi connectivity index (χ2v) is 10.9. The molecule has 2 aliphatic heterocycles. The topological polar surface area (TPSA) is 134 Å². The van der Waals surface area contributed by atoms with Gasteiger partial charge in [0.05, 0.1) is 13.2 Å². The van der Waals surface area contributed by atoms with E-state index in [0.717, 1.165) is 18.4 Å². The summed E-state index contributed by atoms with van der Waals surface area (Å²) in [6, 6.07) is 4.75. The highest BCUT2D eigenvalue weighted by Gasteiger charge is 2.56. The fourth-order valence-corrected chi connectivity index (χ4v) is 5.35. The fourth-order valence-electron chi connectivity index (χ4n) is 5.35. The van der Waals surface area contributed by atoms with Crippen LogP contribution in [0.5, 0.6) is 5.75 Å². The molecule has 2 saturated heterocycles. The molecular formula is C28H34F3N3O7. The zero-order valence-electron chi connectivity index (χ0n) is 22.6. The van der Waals surface area contributed by atoms with Gasteiger partial charge >= 0.3 is 6.36 Å². The third-order valence-electron chi connectivity index (χ3n) is 7.89. The molecule has 0 aromatic heterocycles. The SMILES string of the molecule is COc1ccc(/C=C/C[C@@H](O)C(=O)N2CC3(CC3)C[C@H]2C(=O)N[C@@H](C[C@@H]2CCNC2=O)C(=O)COC(F)(F)F)cc1. The van der Waals surface area contributed by atoms with Crippen molar-refractivity contribution in [1.29, 1.82) is 0 Å². The number of aliphatic hydroxyl groups excluding tert-OH is 1. The molecule has 41 heavy (non-hydrogen) atoms. The third kappa shape index (κ3) is 8.07. The summed E-state index contributed by atoms with van der Waals surface area (Å²) in [4.78, 5) is 52.7. The van der Waals surface area contributed by atoms with Gasteiger partial charge in [0, 0.05) is 25.4 Å². The van der Waals surface area contributed by atoms with Crippen LogP contribution in [-0.2, 0) is 23.9 Å². The maximum atomic E-state index is 13.4. The molecule has 3 amide bonds. The highest BCUT2D eigenvalue weighted by atomic mass is 19.4. The Morgan fingerprint density at radius 3 is 2.54 bits per heavy atom. The monoisotopic (exact) mass is 581 g/mol. The van der Waals surface area contributed by atoms with Crippen molar-refractivity contribution in [1.82, 2.24) is 15.5 Å². The number of methoxy groups -OCH3 is 1. The molecule has 1 aromatic rings. The summed E-state index contributed by atoms with van der Waals surface area (Å²) in [6.45, 7) is -0.709. The molecule has 13 heteroatoms. The number of nitrogens with zero attached hydrogens (tertiary/aromatic N) is 1. The molecule has 224 valence electrons. The lowest BCUT2D eigenvalue weighted by Crippen LogP contribution is -2.53. The molecule has 2 heterocycles. The molecule has 0 bridgehead atoms. The number of nitrogens with one attached hydrogen (secondary N) is 2. The predicted molar refractivity (Wildman–Crippen MR) is 139 cm³/mol. The molecule has 10 nitrogen and oxygen atoms in total. The van der Waals surface area contributed by atoms with E-state index in [1.54, 1.807) is 31.4 Å². The van der Waals surface area contributed by atoms with Crippen molar-refractivity contribution in [3.05, 3.63) is 35.9 Å². The molecule has 1 spiro atoms. The Hall–Kier alpha value is -3.45. The Bertz CT molecular complexity index is 1170. The number of amides is 3. The standard InChI is InChI=1S/C28H34F3N3O7/c1-40-19-7-5-17(6-8-19)3-2-4-22(35)26(39)34-16-27(10-11-27)14-21(34)25(38)33-20(13-18-9-12-32-24(18)37)23(36)15-41-28(29,30)31/h2-3,5-8,18,20-22,35H,4,9-16H2,1H3,(H,32,37)(H,33,38)/b3-2+/t18-,20-,21-,22+/m0/s1. The Balaban J connectivity index is 1.42. The number of carbonyl (C=O) groups excluding carboxylic acids is 4. The van der Waals surface area contributed by atoms with Crippen LogP contribution < -0.4 is 15.4 Å². The number of halogens is 3. The number of benzene rings is 1. The highest BCUT2D eigenvalue weighted by molar-refractivity contribution is 5.95. The lowest BCUT2D eigenvalue weighted by molar-refractivity contribution is -0.321. The number of likely N-dealkylation sites (tertiary alicyclic amines) is 1. The van der Waals surface area contributed by atoms with Crippen LogP contribution in [0.25, 0.3) is 6.08 Å². The molecule has 1 aromatic carbocycles. The predicted octanol–water partition coefficient (Wildman–Crippen LogP) is 1.96. The number of hydrogen-bond donors (Lipinski definition) is 3. The smallest absolute Gasteiger partial charge is 0.497 e. The molecule has 3 fully saturated rings. The Labute approximate surface area is 235 Å². The number of ether oxygens (including phenoxy) is 2. The minimum Gasteiger partial charge on any atom is -0.497 e. The second kappa shape index (κ2) is 12.6. The normalized spacial score (nSPS) is 23.0. The van der Waals surface area contributed by atoms with E-state index in [-0.39, 0.29) is 30.7 Å². The Kier molecular flexibility index (Phi) is 9.37. The average molecular weight is 582 g/mol. The van der Waals surface area contributed by atoms with Crippen molar-refractivity contribution >= 4 is 29.6 Å². The fraction of sp³-hybridized carbons (Fsp3) is 0.571. The maximum Gasteiger partial charge on any atom is 0.522 e. The first-order valence-corrected chi connectivity index (χ1v) is 13.5. The lowest BCUT2D eigenvalue weighted by Gasteiger charge is -2.28. The van der Waals surface area contributed by atoms with Crippen molar-refractivity contribution in [3.8, 4) is 5.75 Å². The van der Waals surface area contributed by atoms with Gasteiger partial charge in [-0.15, -0.1) is 13.2 Å². The Morgan fingerprint density at radius 2 is 1.95 bits per heavy atom. The molecular weight excluding hydrogens is 547 g/mol. The van der Waals surface area contributed by atoms with E-state index in [4.69, 9.17) is 4.74 Å². The van der Waals surface area contributed by atoms with Gasteiger partial charge in [0.15, 0.2) is 5.78 Å². The minimum atomic E-state index is -5.04. The second-order valence-electron chi connectivity index (χ2n) is 10.9. The maximum absolute atomic E-state index is 13.4. The average Bonchev–Trinajstić information content (AvgIpc) is 3.40. The van der Waals surface area contributed by atoms with Crippen LogP contribution in [0.2, 0.25) is 0 Å². The number of alkyl halides is 3. The lowest BCUT2D eigenvalue weighted by atomic mass is 9.95. The number of Topliss-reactive ketones (excluding diaryl/α,β-unsaturated/α-hetero) is 1. The molecule has 4 atom stereocenters. The van der Waals surface area contributed by atoms with E-state index >= 15 is 0 Å². The van der Waals surface area contributed by atoms with Crippen LogP contribution in [0.1, 0.15) is 44.1 Å². The number of ketones is 1. The van der Waals surface area contributed by atoms with Gasteiger partial charge in [-0.25, -0.2) is 0 Å². The number of carbonyl (C=O) groups is 4. The first-order valence-electron chi connectivity index (χ1n) is 13.5. The first-order chi connectivity index (χ1) is 19.4. The van der Waals surface area contributed by atoms with Gasteiger partial charge in [-0.05, 0) is 55.2 Å². The summed E-state index contributed by atoms with van der Waals surface area (Å²) >= 11 is 0. The van der Waals surface area contributed by atoms with E-state index in [1.807, 2.05) is 12.1 Å². The van der Waals surface area contributed by atoms with Gasteiger partial charge in [0.1, 0.15) is 24.5 Å². The van der Waals surface area contributed by atoms with E-state index in [2.05, 4.69) is 15.4 Å². The zero-order chi connectivity index (χ0) is 29.8. The minimum absolute atomic E-state index is 0.00458. The summed E-state index contributed by atoms with van der Waals surface area (Å²) in [5.41, 5.74) is 0.572. The molecule has 1 saturated carbocycles. The summed E-state index contributed by atoms with van der Waals surface area (Å²) in [6.07, 6.45) is -1.02. The Morgan fingerprint density at radius 1 is 1.24 bits per heavy atom. The number of hydrogen-bond acceptors (Lipinski definition) is 7. The number of rotatable bonds is 12. The molecule has 0 radical (unpaired) electrons. The van der Waals surface area contributed by atoms with Crippen LogP contribution >= 0.6 is 0 Å². The van der Waals surface area contributed by atoms with Gasteiger partial charge in [-0.3, -0.25) is 23.9 Å². The van der Waals surface area contributed by atoms with Crippen molar-refractivity contribution < 1.29 is 46.9 Å². The van der Waals surface area contributed by atoms with Gasteiger partial charge in [0.25, 0.3) is 5.91 Å². The van der Waals surface area contributed by atoms with Gasteiger partial charge in [-0.1, -0.05) is 24.3 Å². The number of aliphatic hydroxyl groups is 1. The van der Waals surface area contributed by atoms with E-state index < -0.39 is 54.7 Å². The van der Waals surface area contributed by atoms with Crippen LogP contribution in [-0.4, -0.2) is 84.9 Å².